The number of hydrogen-bond donors (Lipinski definition) is 1. The minimum Gasteiger partial charge on any atom is -0.324 e. The average Bonchev–Trinajstić information content (AvgIpc) is 3.62. The van der Waals surface area contributed by atoms with E-state index < -0.39 is 69.5 Å². The van der Waals surface area contributed by atoms with Crippen LogP contribution >= 0.6 is 34.4 Å². The van der Waals surface area contributed by atoms with Gasteiger partial charge in [-0.3, -0.25) is 23.7 Å². The summed E-state index contributed by atoms with van der Waals surface area (Å²) in [6, 6.07) is 13.0. The Labute approximate surface area is 241 Å². The van der Waals surface area contributed by atoms with Crippen LogP contribution in [-0.2, 0) is 27.1 Å². The highest BCUT2D eigenvalue weighted by molar-refractivity contribution is 8.00. The predicted octanol–water partition coefficient (Wildman–Crippen LogP) is 5.56. The van der Waals surface area contributed by atoms with E-state index in [9.17, 15) is 36.7 Å². The highest BCUT2D eigenvalue weighted by Crippen LogP contribution is 2.54. The van der Waals surface area contributed by atoms with E-state index in [1.165, 1.54) is 35.6 Å². The largest absolute Gasteiger partial charge is 0.418 e. The second-order valence-electron chi connectivity index (χ2n) is 9.26. The minimum absolute atomic E-state index is 0.213. The van der Waals surface area contributed by atoms with Gasteiger partial charge in [0.25, 0.3) is 0 Å². The molecule has 2 aromatic heterocycles. The van der Waals surface area contributed by atoms with Gasteiger partial charge in [-0.1, -0.05) is 41.3 Å². The lowest BCUT2D eigenvalue weighted by molar-refractivity contribution is -0.137. The first kappa shape index (κ1) is 27.4. The Balaban J connectivity index is 1.37. The molecule has 3 atom stereocenters. The first-order valence-corrected chi connectivity index (χ1v) is 14.6. The third-order valence-electron chi connectivity index (χ3n) is 6.79. The molecule has 0 saturated carbocycles. The van der Waals surface area contributed by atoms with E-state index in [0.717, 1.165) is 61.7 Å². The van der Waals surface area contributed by atoms with Crippen molar-refractivity contribution in [3.05, 3.63) is 96.8 Å². The molecule has 4 aromatic rings. The number of carbonyl (C=O) groups excluding carboxylic acids is 3. The lowest BCUT2D eigenvalue weighted by Crippen LogP contribution is -2.32. The highest BCUT2D eigenvalue weighted by Gasteiger charge is 2.57. The smallest absolute Gasteiger partial charge is 0.324 e. The number of hydrogen-bond acceptors (Lipinski definition) is 7. The normalized spacial score (nSPS) is 20.2. The van der Waals surface area contributed by atoms with Crippen molar-refractivity contribution >= 4 is 63.5 Å². The van der Waals surface area contributed by atoms with Gasteiger partial charge in [0.2, 0.25) is 17.7 Å². The van der Waals surface area contributed by atoms with Gasteiger partial charge in [0, 0.05) is 15.7 Å². The monoisotopic (exact) mass is 619 g/mol. The summed E-state index contributed by atoms with van der Waals surface area (Å²) in [5.41, 5.74) is -1.26. The molecule has 0 radical (unpaired) electrons. The molecule has 3 amide bonds. The molecule has 1 fully saturated rings. The van der Waals surface area contributed by atoms with E-state index in [0.29, 0.717) is 9.90 Å². The van der Waals surface area contributed by atoms with Crippen molar-refractivity contribution in [1.82, 2.24) is 4.57 Å². The summed E-state index contributed by atoms with van der Waals surface area (Å²) in [4.78, 5) is 55.1. The molecule has 2 aliphatic rings. The fourth-order valence-electron chi connectivity index (χ4n) is 5.05. The number of alkyl halides is 3. The highest BCUT2D eigenvalue weighted by atomic mass is 32.2. The van der Waals surface area contributed by atoms with Gasteiger partial charge in [0.15, 0.2) is 0 Å². The molecule has 0 unspecified atom stereocenters. The molecule has 6 rings (SSSR count). The Kier molecular flexibility index (Phi) is 6.86. The van der Waals surface area contributed by atoms with Gasteiger partial charge >= 0.3 is 11.0 Å². The standard InChI is InChI=1S/C27H17F4N3O4S3/c28-13-7-9-14(10-8-13)34-23(36)20-19(17-6-3-11-39-17)22-25(40-21(20)24(34)37)33(26(38)41-22)12-18(35)32-16-5-2-1-4-15(16)27(29,30)31/h1-11,19-21H,12H2,(H,32,35)/t19-,20-,21+/m0/s1. The number of benzene rings is 2. The summed E-state index contributed by atoms with van der Waals surface area (Å²) >= 11 is 3.16. The van der Waals surface area contributed by atoms with Crippen LogP contribution in [0.2, 0.25) is 0 Å². The third kappa shape index (κ3) is 4.79. The number of nitrogens with zero attached hydrogens (tertiary/aromatic N) is 2. The van der Waals surface area contributed by atoms with Crippen LogP contribution in [0.4, 0.5) is 28.9 Å². The summed E-state index contributed by atoms with van der Waals surface area (Å²) in [5, 5.41) is 3.41. The molecule has 1 N–H and O–H groups in total. The van der Waals surface area contributed by atoms with E-state index in [1.54, 1.807) is 17.5 Å². The van der Waals surface area contributed by atoms with Crippen LogP contribution in [0.15, 0.2) is 75.9 Å². The van der Waals surface area contributed by atoms with Gasteiger partial charge in [-0.15, -0.1) is 11.3 Å². The van der Waals surface area contributed by atoms with Crippen LogP contribution in [0, 0.1) is 11.7 Å². The zero-order valence-corrected chi connectivity index (χ0v) is 23.0. The second-order valence-corrected chi connectivity index (χ2v) is 12.4. The molecule has 0 aliphatic carbocycles. The predicted molar refractivity (Wildman–Crippen MR) is 147 cm³/mol. The van der Waals surface area contributed by atoms with Crippen LogP contribution in [0.5, 0.6) is 0 Å². The Hall–Kier alpha value is -3.75. The lowest BCUT2D eigenvalue weighted by Gasteiger charge is -2.29. The molecule has 2 aromatic carbocycles. The van der Waals surface area contributed by atoms with Crippen molar-refractivity contribution < 1.29 is 31.9 Å². The summed E-state index contributed by atoms with van der Waals surface area (Å²) in [6.45, 7) is -0.595. The fraction of sp³-hybridized carbons (Fsp3) is 0.185. The van der Waals surface area contributed by atoms with Crippen molar-refractivity contribution in [2.75, 3.05) is 10.2 Å². The van der Waals surface area contributed by atoms with Crippen LogP contribution in [0.3, 0.4) is 0 Å². The average molecular weight is 620 g/mol. The maximum absolute atomic E-state index is 13.7. The summed E-state index contributed by atoms with van der Waals surface area (Å²) in [6.07, 6.45) is -4.70. The summed E-state index contributed by atoms with van der Waals surface area (Å²) < 4.78 is 54.9. The first-order chi connectivity index (χ1) is 19.5. The molecule has 0 bridgehead atoms. The number of thiophene rings is 1. The van der Waals surface area contributed by atoms with Crippen molar-refractivity contribution in [3.8, 4) is 0 Å². The van der Waals surface area contributed by atoms with E-state index in [2.05, 4.69) is 5.32 Å². The van der Waals surface area contributed by atoms with Crippen molar-refractivity contribution in [2.24, 2.45) is 5.92 Å². The number of amides is 3. The topological polar surface area (TPSA) is 88.5 Å². The number of imide groups is 1. The number of para-hydroxylation sites is 1. The zero-order valence-electron chi connectivity index (χ0n) is 20.6. The van der Waals surface area contributed by atoms with Crippen molar-refractivity contribution in [3.63, 3.8) is 0 Å². The molecule has 4 heterocycles. The number of aromatic nitrogens is 1. The van der Waals surface area contributed by atoms with E-state index in [-0.39, 0.29) is 5.69 Å². The molecule has 1 saturated heterocycles. The first-order valence-electron chi connectivity index (χ1n) is 12.1. The van der Waals surface area contributed by atoms with Crippen LogP contribution in [-0.4, -0.2) is 27.5 Å². The molecule has 14 heteroatoms. The zero-order chi connectivity index (χ0) is 29.1. The van der Waals surface area contributed by atoms with E-state index in [1.807, 2.05) is 0 Å². The maximum Gasteiger partial charge on any atom is 0.418 e. The number of thioether (sulfide) groups is 1. The summed E-state index contributed by atoms with van der Waals surface area (Å²) in [7, 11) is 0. The van der Waals surface area contributed by atoms with Crippen LogP contribution in [0.25, 0.3) is 0 Å². The van der Waals surface area contributed by atoms with Crippen molar-refractivity contribution in [1.29, 1.82) is 0 Å². The molecule has 2 aliphatic heterocycles. The Morgan fingerprint density at radius 3 is 2.37 bits per heavy atom. The number of anilines is 2. The Morgan fingerprint density at radius 2 is 1.68 bits per heavy atom. The number of nitrogens with one attached hydrogen (secondary N) is 1. The van der Waals surface area contributed by atoms with Gasteiger partial charge in [-0.05, 0) is 47.8 Å². The molecule has 0 spiro atoms. The van der Waals surface area contributed by atoms with Crippen molar-refractivity contribution in [2.45, 2.75) is 28.9 Å². The fourth-order valence-corrected chi connectivity index (χ4v) is 8.77. The van der Waals surface area contributed by atoms with Gasteiger partial charge in [-0.2, -0.15) is 13.2 Å². The minimum atomic E-state index is -4.70. The van der Waals surface area contributed by atoms with Crippen LogP contribution in [0.1, 0.15) is 21.2 Å². The van der Waals surface area contributed by atoms with Gasteiger partial charge in [-0.25, -0.2) is 9.29 Å². The number of halogens is 4. The lowest BCUT2D eigenvalue weighted by atomic mass is 9.87. The van der Waals surface area contributed by atoms with Gasteiger partial charge in [0.1, 0.15) is 17.6 Å². The number of thiazole rings is 1. The molecular formula is C27H17F4N3O4S3. The van der Waals surface area contributed by atoms with Crippen LogP contribution < -0.4 is 15.1 Å². The molecule has 210 valence electrons. The Bertz CT molecular complexity index is 1730. The second kappa shape index (κ2) is 10.3. The van der Waals surface area contributed by atoms with E-state index in [4.69, 9.17) is 0 Å². The number of carbonyl (C=O) groups is 3. The number of fused-ring (bicyclic) bond motifs is 2. The molecule has 41 heavy (non-hydrogen) atoms. The quantitative estimate of drug-likeness (QED) is 0.233. The number of rotatable bonds is 5. The SMILES string of the molecule is O=C(Cn1c2c(sc1=O)[C@@H](c1cccs1)[C@@H]1C(=O)N(c3ccc(F)cc3)C(=O)[C@@H]1S2)Nc1ccccc1C(F)(F)F. The Morgan fingerprint density at radius 1 is 0.951 bits per heavy atom. The molecular weight excluding hydrogens is 603 g/mol. The van der Waals surface area contributed by atoms with Gasteiger partial charge < -0.3 is 5.32 Å². The summed E-state index contributed by atoms with van der Waals surface area (Å²) in [5.74, 6) is -3.94. The maximum atomic E-state index is 13.7. The van der Waals surface area contributed by atoms with E-state index >= 15 is 0 Å². The third-order valence-corrected chi connectivity index (χ3v) is 10.4. The van der Waals surface area contributed by atoms with Gasteiger partial charge in [0.05, 0.1) is 27.9 Å². The molecule has 7 nitrogen and oxygen atoms in total.